The summed E-state index contributed by atoms with van der Waals surface area (Å²) >= 11 is 0. The van der Waals surface area contributed by atoms with Crippen molar-refractivity contribution < 1.29 is 0 Å². The summed E-state index contributed by atoms with van der Waals surface area (Å²) in [5.41, 5.74) is 13.7. The first-order valence-electron chi connectivity index (χ1n) is 19.0. The van der Waals surface area contributed by atoms with E-state index in [0.29, 0.717) is 5.95 Å². The molecule has 0 unspecified atom stereocenters. The number of fused-ring (bicyclic) bond motifs is 13. The molecule has 0 saturated carbocycles. The molecule has 0 fully saturated rings. The van der Waals surface area contributed by atoms with E-state index in [0.717, 1.165) is 38.9 Å². The van der Waals surface area contributed by atoms with E-state index in [1.54, 1.807) is 0 Å². The Morgan fingerprint density at radius 2 is 1.05 bits per heavy atom. The van der Waals surface area contributed by atoms with Crippen LogP contribution in [0.2, 0.25) is 0 Å². The second-order valence-corrected chi connectivity index (χ2v) is 15.3. The van der Waals surface area contributed by atoms with Gasteiger partial charge in [-0.2, -0.15) is 0 Å². The number of benzene rings is 8. The third kappa shape index (κ3) is 4.06. The molecule has 0 radical (unpaired) electrons. The maximum Gasteiger partial charge on any atom is 0.235 e. The van der Waals surface area contributed by atoms with Crippen LogP contribution in [0.15, 0.2) is 170 Å². The topological polar surface area (TPSA) is 35.6 Å². The van der Waals surface area contributed by atoms with Crippen molar-refractivity contribution in [3.8, 4) is 34.0 Å². The molecule has 0 atom stereocenters. The monoisotopic (exact) mass is 702 g/mol. The van der Waals surface area contributed by atoms with Crippen molar-refractivity contribution >= 4 is 65.3 Å². The Hall–Kier alpha value is -7.04. The molecule has 0 N–H and O–H groups in total. The summed E-state index contributed by atoms with van der Waals surface area (Å²) in [5, 5.41) is 8.39. The van der Waals surface area contributed by atoms with Gasteiger partial charge in [0.2, 0.25) is 5.95 Å². The van der Waals surface area contributed by atoms with E-state index in [1.807, 2.05) is 0 Å². The summed E-state index contributed by atoms with van der Waals surface area (Å²) in [6, 6.07) is 61.4. The van der Waals surface area contributed by atoms with Gasteiger partial charge in [0.05, 0.1) is 39.0 Å². The zero-order valence-corrected chi connectivity index (χ0v) is 30.5. The summed E-state index contributed by atoms with van der Waals surface area (Å²) in [4.78, 5) is 10.9. The lowest BCUT2D eigenvalue weighted by atomic mass is 9.82. The molecule has 258 valence electrons. The molecule has 1 aliphatic rings. The first-order chi connectivity index (χ1) is 27.1. The van der Waals surface area contributed by atoms with Crippen molar-refractivity contribution in [1.82, 2.24) is 19.1 Å². The number of aromatic nitrogens is 4. The molecule has 0 saturated heterocycles. The molecule has 0 bridgehead atoms. The van der Waals surface area contributed by atoms with Crippen LogP contribution >= 0.6 is 0 Å². The molecule has 11 aromatic rings. The second kappa shape index (κ2) is 11.0. The van der Waals surface area contributed by atoms with Gasteiger partial charge in [-0.3, -0.25) is 4.57 Å². The van der Waals surface area contributed by atoms with Gasteiger partial charge in [0, 0.05) is 43.3 Å². The van der Waals surface area contributed by atoms with Gasteiger partial charge in [0.1, 0.15) is 0 Å². The van der Waals surface area contributed by atoms with Crippen LogP contribution in [0.3, 0.4) is 0 Å². The standard InChI is InChI=1S/C51H34N4/c1-51(2)38-24-12-8-22-36(38)46-39(51)28-29-43-48(46)47-35-21-7-6-20-34(35)44(54-41-26-14-10-18-32(41)33-19-11-15-27-42(33)54)30-45(47)55(43)50-52-40-25-13-9-23-37(40)49(53-50)31-16-4-3-5-17-31/h3-30H,1-2H3. The second-order valence-electron chi connectivity index (χ2n) is 15.3. The van der Waals surface area contributed by atoms with Crippen LogP contribution in [0.25, 0.3) is 99.3 Å². The lowest BCUT2D eigenvalue weighted by Crippen LogP contribution is -2.14. The lowest BCUT2D eigenvalue weighted by molar-refractivity contribution is 0.661. The summed E-state index contributed by atoms with van der Waals surface area (Å²) in [5.74, 6) is 0.659. The smallest absolute Gasteiger partial charge is 0.235 e. The number of hydrogen-bond acceptors (Lipinski definition) is 2. The van der Waals surface area contributed by atoms with Crippen molar-refractivity contribution in [3.63, 3.8) is 0 Å². The predicted molar refractivity (Wildman–Crippen MR) is 229 cm³/mol. The third-order valence-electron chi connectivity index (χ3n) is 12.1. The van der Waals surface area contributed by atoms with Crippen LogP contribution in [0.4, 0.5) is 0 Å². The highest BCUT2D eigenvalue weighted by atomic mass is 15.2. The minimum absolute atomic E-state index is 0.146. The molecule has 3 heterocycles. The average Bonchev–Trinajstić information content (AvgIpc) is 3.83. The number of hydrogen-bond donors (Lipinski definition) is 0. The summed E-state index contributed by atoms with van der Waals surface area (Å²) in [6.45, 7) is 4.72. The van der Waals surface area contributed by atoms with Gasteiger partial charge in [-0.25, -0.2) is 9.97 Å². The molecule has 12 rings (SSSR count). The Labute approximate surface area is 317 Å². The van der Waals surface area contributed by atoms with Gasteiger partial charge in [0.25, 0.3) is 0 Å². The zero-order valence-electron chi connectivity index (χ0n) is 30.5. The van der Waals surface area contributed by atoms with Crippen LogP contribution in [0, 0.1) is 0 Å². The Bertz CT molecular complexity index is 3350. The average molecular weight is 703 g/mol. The zero-order chi connectivity index (χ0) is 36.4. The van der Waals surface area contributed by atoms with E-state index in [9.17, 15) is 0 Å². The largest absolute Gasteiger partial charge is 0.309 e. The van der Waals surface area contributed by atoms with E-state index in [1.165, 1.54) is 65.6 Å². The van der Waals surface area contributed by atoms with Crippen LogP contribution in [0.5, 0.6) is 0 Å². The van der Waals surface area contributed by atoms with Gasteiger partial charge >= 0.3 is 0 Å². The Morgan fingerprint density at radius 3 is 1.82 bits per heavy atom. The van der Waals surface area contributed by atoms with Gasteiger partial charge < -0.3 is 4.57 Å². The minimum Gasteiger partial charge on any atom is -0.309 e. The van der Waals surface area contributed by atoms with Crippen LogP contribution in [-0.4, -0.2) is 19.1 Å². The fraction of sp³-hybridized carbons (Fsp3) is 0.0588. The van der Waals surface area contributed by atoms with Crippen LogP contribution in [0.1, 0.15) is 25.0 Å². The third-order valence-corrected chi connectivity index (χ3v) is 12.1. The van der Waals surface area contributed by atoms with Crippen molar-refractivity contribution in [3.05, 3.63) is 181 Å². The SMILES string of the molecule is CC1(C)c2ccccc2-c2c1ccc1c2c2c3ccccc3c(-n3c4ccccc4c4ccccc43)cc2n1-c1nc(-c2ccccc2)c2ccccc2n1. The van der Waals surface area contributed by atoms with E-state index in [-0.39, 0.29) is 5.41 Å². The van der Waals surface area contributed by atoms with E-state index >= 15 is 0 Å². The van der Waals surface area contributed by atoms with Gasteiger partial charge in [-0.05, 0) is 58.0 Å². The van der Waals surface area contributed by atoms with Crippen molar-refractivity contribution in [2.75, 3.05) is 0 Å². The minimum atomic E-state index is -0.146. The molecular weight excluding hydrogens is 669 g/mol. The van der Waals surface area contributed by atoms with Crippen molar-refractivity contribution in [1.29, 1.82) is 0 Å². The lowest BCUT2D eigenvalue weighted by Gasteiger charge is -2.21. The maximum atomic E-state index is 5.50. The summed E-state index contributed by atoms with van der Waals surface area (Å²) in [7, 11) is 0. The Kier molecular flexibility index (Phi) is 6.09. The van der Waals surface area contributed by atoms with Crippen LogP contribution < -0.4 is 0 Å². The van der Waals surface area contributed by atoms with Gasteiger partial charge in [-0.15, -0.1) is 0 Å². The Balaban J connectivity index is 1.31. The summed E-state index contributed by atoms with van der Waals surface area (Å²) in [6.07, 6.45) is 0. The molecule has 1 aliphatic carbocycles. The highest BCUT2D eigenvalue weighted by Crippen LogP contribution is 2.54. The highest BCUT2D eigenvalue weighted by molar-refractivity contribution is 6.28. The molecule has 55 heavy (non-hydrogen) atoms. The predicted octanol–water partition coefficient (Wildman–Crippen LogP) is 13.0. The highest BCUT2D eigenvalue weighted by Gasteiger charge is 2.38. The number of nitrogens with zero attached hydrogens (tertiary/aromatic N) is 4. The summed E-state index contributed by atoms with van der Waals surface area (Å²) < 4.78 is 4.79. The maximum absolute atomic E-state index is 5.50. The van der Waals surface area contributed by atoms with E-state index < -0.39 is 0 Å². The molecule has 8 aromatic carbocycles. The van der Waals surface area contributed by atoms with Crippen LogP contribution in [-0.2, 0) is 5.41 Å². The molecule has 3 aromatic heterocycles. The Morgan fingerprint density at radius 1 is 0.436 bits per heavy atom. The quantitative estimate of drug-likeness (QED) is 0.184. The van der Waals surface area contributed by atoms with Gasteiger partial charge in [0.15, 0.2) is 0 Å². The molecular formula is C51H34N4. The molecule has 4 heteroatoms. The van der Waals surface area contributed by atoms with E-state index in [2.05, 4.69) is 193 Å². The molecule has 4 nitrogen and oxygen atoms in total. The number of rotatable bonds is 3. The fourth-order valence-electron chi connectivity index (χ4n) is 9.70. The first-order valence-corrected chi connectivity index (χ1v) is 19.0. The first kappa shape index (κ1) is 30.4. The molecule has 0 aliphatic heterocycles. The normalized spacial score (nSPS) is 13.4. The van der Waals surface area contributed by atoms with Gasteiger partial charge in [-0.1, -0.05) is 153 Å². The molecule has 0 amide bonds. The fourth-order valence-corrected chi connectivity index (χ4v) is 9.70. The molecule has 0 spiro atoms. The number of para-hydroxylation sites is 3. The van der Waals surface area contributed by atoms with Crippen molar-refractivity contribution in [2.24, 2.45) is 0 Å². The van der Waals surface area contributed by atoms with Crippen molar-refractivity contribution in [2.45, 2.75) is 19.3 Å². The van der Waals surface area contributed by atoms with E-state index in [4.69, 9.17) is 9.97 Å².